The lowest BCUT2D eigenvalue weighted by Gasteiger charge is -2.37. The summed E-state index contributed by atoms with van der Waals surface area (Å²) in [6.07, 6.45) is 0. The van der Waals surface area contributed by atoms with Gasteiger partial charge in [-0.1, -0.05) is 38.1 Å². The SMILES string of the molecule is CN=C(NCc1ccc(NC(=O)C(C)C)cc1)N1CCN(c2ccccc2O)CC1. The number of carbonyl (C=O) groups is 1. The molecule has 0 spiro atoms. The number of piperazine rings is 1. The number of phenolic OH excluding ortho intramolecular Hbond substituents is 1. The molecule has 160 valence electrons. The molecule has 1 amide bonds. The number of nitrogens with one attached hydrogen (secondary N) is 2. The number of carbonyl (C=O) groups excluding carboxylic acids is 1. The summed E-state index contributed by atoms with van der Waals surface area (Å²) < 4.78 is 0. The minimum Gasteiger partial charge on any atom is -0.506 e. The van der Waals surface area contributed by atoms with Crippen LogP contribution in [0.1, 0.15) is 19.4 Å². The quantitative estimate of drug-likeness (QED) is 0.523. The standard InChI is InChI=1S/C23H31N5O2/c1-17(2)22(30)26-19-10-8-18(9-11-19)16-25-23(24-3)28-14-12-27(13-15-28)20-6-4-5-7-21(20)29/h4-11,17,29H,12-16H2,1-3H3,(H,24,25)(H,26,30). The van der Waals surface area contributed by atoms with Crippen molar-refractivity contribution in [3.05, 3.63) is 54.1 Å². The molecular weight excluding hydrogens is 378 g/mol. The van der Waals surface area contributed by atoms with Crippen LogP contribution in [0, 0.1) is 5.92 Å². The average Bonchev–Trinajstić information content (AvgIpc) is 2.76. The Labute approximate surface area is 178 Å². The van der Waals surface area contributed by atoms with Crippen molar-refractivity contribution in [1.82, 2.24) is 10.2 Å². The number of phenols is 1. The number of benzene rings is 2. The van der Waals surface area contributed by atoms with Crippen molar-refractivity contribution in [3.63, 3.8) is 0 Å². The second-order valence-electron chi connectivity index (χ2n) is 7.70. The van der Waals surface area contributed by atoms with Gasteiger partial charge < -0.3 is 25.5 Å². The topological polar surface area (TPSA) is 80.2 Å². The maximum absolute atomic E-state index is 11.8. The van der Waals surface area contributed by atoms with E-state index in [1.165, 1.54) is 0 Å². The average molecular weight is 410 g/mol. The fraction of sp³-hybridized carbons (Fsp3) is 0.391. The Kier molecular flexibility index (Phi) is 7.17. The monoisotopic (exact) mass is 409 g/mol. The van der Waals surface area contributed by atoms with Crippen molar-refractivity contribution in [2.24, 2.45) is 10.9 Å². The van der Waals surface area contributed by atoms with E-state index in [-0.39, 0.29) is 11.8 Å². The molecule has 0 unspecified atom stereocenters. The van der Waals surface area contributed by atoms with Crippen LogP contribution in [-0.2, 0) is 11.3 Å². The molecule has 0 bridgehead atoms. The van der Waals surface area contributed by atoms with Crippen molar-refractivity contribution in [2.75, 3.05) is 43.4 Å². The number of aliphatic imine (C=N–C) groups is 1. The lowest BCUT2D eigenvalue weighted by Crippen LogP contribution is -2.52. The van der Waals surface area contributed by atoms with Gasteiger partial charge in [-0.2, -0.15) is 0 Å². The molecule has 3 N–H and O–H groups in total. The van der Waals surface area contributed by atoms with Gasteiger partial charge >= 0.3 is 0 Å². The fourth-order valence-electron chi connectivity index (χ4n) is 3.40. The zero-order valence-electron chi connectivity index (χ0n) is 17.9. The molecule has 0 saturated carbocycles. The van der Waals surface area contributed by atoms with E-state index < -0.39 is 0 Å². The van der Waals surface area contributed by atoms with Crippen molar-refractivity contribution in [1.29, 1.82) is 0 Å². The molecule has 30 heavy (non-hydrogen) atoms. The van der Waals surface area contributed by atoms with E-state index >= 15 is 0 Å². The summed E-state index contributed by atoms with van der Waals surface area (Å²) >= 11 is 0. The van der Waals surface area contributed by atoms with Gasteiger partial charge in [-0.25, -0.2) is 0 Å². The van der Waals surface area contributed by atoms with Gasteiger partial charge in [-0.15, -0.1) is 0 Å². The van der Waals surface area contributed by atoms with Crippen LogP contribution in [0.25, 0.3) is 0 Å². The largest absolute Gasteiger partial charge is 0.506 e. The molecule has 2 aromatic carbocycles. The third kappa shape index (κ3) is 5.43. The normalized spacial score (nSPS) is 14.7. The van der Waals surface area contributed by atoms with Gasteiger partial charge in [0.05, 0.1) is 5.69 Å². The first kappa shape index (κ1) is 21.5. The number of hydrogen-bond acceptors (Lipinski definition) is 4. The van der Waals surface area contributed by atoms with Crippen LogP contribution in [0.15, 0.2) is 53.5 Å². The zero-order valence-corrected chi connectivity index (χ0v) is 17.9. The molecule has 0 atom stereocenters. The first-order valence-corrected chi connectivity index (χ1v) is 10.4. The highest BCUT2D eigenvalue weighted by Gasteiger charge is 2.21. The summed E-state index contributed by atoms with van der Waals surface area (Å²) in [6, 6.07) is 15.3. The molecule has 1 fully saturated rings. The Morgan fingerprint density at radius 2 is 1.73 bits per heavy atom. The van der Waals surface area contributed by atoms with Crippen LogP contribution >= 0.6 is 0 Å². The summed E-state index contributed by atoms with van der Waals surface area (Å²) in [7, 11) is 1.79. The predicted molar refractivity (Wildman–Crippen MR) is 122 cm³/mol. The van der Waals surface area contributed by atoms with Gasteiger partial charge in [0.15, 0.2) is 5.96 Å². The summed E-state index contributed by atoms with van der Waals surface area (Å²) in [5, 5.41) is 16.4. The molecule has 0 aromatic heterocycles. The van der Waals surface area contributed by atoms with E-state index in [4.69, 9.17) is 0 Å². The van der Waals surface area contributed by atoms with Crippen LogP contribution in [0.3, 0.4) is 0 Å². The Hall–Kier alpha value is -3.22. The van der Waals surface area contributed by atoms with Gasteiger partial charge in [0.25, 0.3) is 0 Å². The van der Waals surface area contributed by atoms with Crippen molar-refractivity contribution >= 4 is 23.2 Å². The van der Waals surface area contributed by atoms with Crippen molar-refractivity contribution in [2.45, 2.75) is 20.4 Å². The first-order valence-electron chi connectivity index (χ1n) is 10.4. The fourth-order valence-corrected chi connectivity index (χ4v) is 3.40. The van der Waals surface area contributed by atoms with Gasteiger partial charge in [0.2, 0.25) is 5.91 Å². The van der Waals surface area contributed by atoms with E-state index in [2.05, 4.69) is 25.4 Å². The molecule has 1 heterocycles. The van der Waals surface area contributed by atoms with E-state index in [9.17, 15) is 9.90 Å². The minimum atomic E-state index is -0.0407. The van der Waals surface area contributed by atoms with Gasteiger partial charge in [-0.3, -0.25) is 9.79 Å². The third-order valence-electron chi connectivity index (χ3n) is 5.21. The Morgan fingerprint density at radius 1 is 1.07 bits per heavy atom. The van der Waals surface area contributed by atoms with Crippen LogP contribution in [0.5, 0.6) is 5.75 Å². The number of guanidine groups is 1. The van der Waals surface area contributed by atoms with Gasteiger partial charge in [0, 0.05) is 51.4 Å². The molecule has 2 aromatic rings. The Morgan fingerprint density at radius 3 is 2.33 bits per heavy atom. The molecule has 0 aliphatic carbocycles. The van der Waals surface area contributed by atoms with E-state index in [1.807, 2.05) is 56.3 Å². The first-order chi connectivity index (χ1) is 14.5. The van der Waals surface area contributed by atoms with Crippen LogP contribution < -0.4 is 15.5 Å². The molecule has 1 aliphatic rings. The highest BCUT2D eigenvalue weighted by Crippen LogP contribution is 2.27. The number of nitrogens with zero attached hydrogens (tertiary/aromatic N) is 3. The van der Waals surface area contributed by atoms with E-state index in [0.717, 1.165) is 49.1 Å². The van der Waals surface area contributed by atoms with Crippen LogP contribution in [-0.4, -0.2) is 55.1 Å². The predicted octanol–water partition coefficient (Wildman–Crippen LogP) is 2.88. The second kappa shape index (κ2) is 10.0. The maximum atomic E-state index is 11.8. The minimum absolute atomic E-state index is 0.0178. The molecule has 1 aliphatic heterocycles. The highest BCUT2D eigenvalue weighted by molar-refractivity contribution is 5.92. The number of amides is 1. The smallest absolute Gasteiger partial charge is 0.226 e. The second-order valence-corrected chi connectivity index (χ2v) is 7.70. The number of hydrogen-bond donors (Lipinski definition) is 3. The molecule has 1 saturated heterocycles. The number of aromatic hydroxyl groups is 1. The maximum Gasteiger partial charge on any atom is 0.226 e. The van der Waals surface area contributed by atoms with Crippen LogP contribution in [0.4, 0.5) is 11.4 Å². The van der Waals surface area contributed by atoms with E-state index in [0.29, 0.717) is 12.3 Å². The zero-order chi connectivity index (χ0) is 21.5. The number of anilines is 2. The molecule has 3 rings (SSSR count). The molecule has 7 heteroatoms. The summed E-state index contributed by atoms with van der Waals surface area (Å²) in [4.78, 5) is 20.6. The lowest BCUT2D eigenvalue weighted by molar-refractivity contribution is -0.118. The molecular formula is C23H31N5O2. The number of rotatable bonds is 5. The molecule has 0 radical (unpaired) electrons. The van der Waals surface area contributed by atoms with Crippen LogP contribution in [0.2, 0.25) is 0 Å². The summed E-state index contributed by atoms with van der Waals surface area (Å²) in [5.41, 5.74) is 2.80. The van der Waals surface area contributed by atoms with Gasteiger partial charge in [0.1, 0.15) is 5.75 Å². The highest BCUT2D eigenvalue weighted by atomic mass is 16.3. The summed E-state index contributed by atoms with van der Waals surface area (Å²) in [6.45, 7) is 7.71. The van der Waals surface area contributed by atoms with Gasteiger partial charge in [-0.05, 0) is 29.8 Å². The van der Waals surface area contributed by atoms with E-state index in [1.54, 1.807) is 13.1 Å². The third-order valence-corrected chi connectivity index (χ3v) is 5.21. The van der Waals surface area contributed by atoms with Crippen molar-refractivity contribution in [3.8, 4) is 5.75 Å². The Bertz CT molecular complexity index is 871. The number of para-hydroxylation sites is 2. The van der Waals surface area contributed by atoms with Crippen molar-refractivity contribution < 1.29 is 9.90 Å². The molecule has 7 nitrogen and oxygen atoms in total. The lowest BCUT2D eigenvalue weighted by atomic mass is 10.1. The summed E-state index contributed by atoms with van der Waals surface area (Å²) in [5.74, 6) is 1.16. The Balaban J connectivity index is 1.51.